The fourth-order valence-electron chi connectivity index (χ4n) is 2.04. The van der Waals surface area contributed by atoms with Gasteiger partial charge in [0.05, 0.1) is 5.52 Å². The van der Waals surface area contributed by atoms with Gasteiger partial charge in [-0.15, -0.1) is 0 Å². The van der Waals surface area contributed by atoms with Crippen LogP contribution in [-0.2, 0) is 0 Å². The summed E-state index contributed by atoms with van der Waals surface area (Å²) in [7, 11) is 0. The van der Waals surface area contributed by atoms with Crippen LogP contribution in [0.25, 0.3) is 10.9 Å². The van der Waals surface area contributed by atoms with E-state index in [1.165, 1.54) is 0 Å². The van der Waals surface area contributed by atoms with E-state index in [2.05, 4.69) is 9.97 Å². The molecule has 0 saturated carbocycles. The Balaban J connectivity index is 1.99. The van der Waals surface area contributed by atoms with Crippen molar-refractivity contribution in [2.75, 3.05) is 0 Å². The molecule has 100 valence electrons. The fraction of sp³-hybridized carbons (Fsp3) is 0.125. The van der Waals surface area contributed by atoms with Crippen LogP contribution in [0.15, 0.2) is 54.9 Å². The Bertz CT molecular complexity index is 735. The lowest BCUT2D eigenvalue weighted by Crippen LogP contribution is -2.05. The molecule has 0 aliphatic carbocycles. The molecule has 2 heterocycles. The smallest absolute Gasteiger partial charge is 0.219 e. The molecule has 0 aliphatic rings. The summed E-state index contributed by atoms with van der Waals surface area (Å²) in [5.41, 5.74) is 7.76. The zero-order valence-electron chi connectivity index (χ0n) is 11.2. The van der Waals surface area contributed by atoms with E-state index < -0.39 is 0 Å². The van der Waals surface area contributed by atoms with Crippen LogP contribution in [0.5, 0.6) is 11.6 Å². The lowest BCUT2D eigenvalue weighted by molar-refractivity contribution is 0.466. The van der Waals surface area contributed by atoms with Gasteiger partial charge in [-0.3, -0.25) is 4.98 Å². The highest BCUT2D eigenvalue weighted by atomic mass is 16.5. The third-order valence-corrected chi connectivity index (χ3v) is 3.10. The van der Waals surface area contributed by atoms with E-state index in [0.717, 1.165) is 22.2 Å². The maximum absolute atomic E-state index is 5.88. The SMILES string of the molecule is C[C@@H](N)c1ccnc(Oc2cccc3ncccc23)c1. The molecule has 2 aromatic heterocycles. The third-order valence-electron chi connectivity index (χ3n) is 3.10. The molecule has 0 radical (unpaired) electrons. The highest BCUT2D eigenvalue weighted by Crippen LogP contribution is 2.28. The normalized spacial score (nSPS) is 12.3. The molecule has 20 heavy (non-hydrogen) atoms. The summed E-state index contributed by atoms with van der Waals surface area (Å²) in [6.45, 7) is 1.93. The highest BCUT2D eigenvalue weighted by Gasteiger charge is 2.06. The molecule has 3 aromatic rings. The number of aromatic nitrogens is 2. The molecule has 0 saturated heterocycles. The van der Waals surface area contributed by atoms with Crippen molar-refractivity contribution in [3.05, 3.63) is 60.4 Å². The number of hydrogen-bond acceptors (Lipinski definition) is 4. The van der Waals surface area contributed by atoms with Gasteiger partial charge in [-0.2, -0.15) is 0 Å². The minimum atomic E-state index is -0.0467. The molecule has 1 aromatic carbocycles. The molecule has 0 aliphatic heterocycles. The molecule has 0 spiro atoms. The third kappa shape index (κ3) is 2.46. The van der Waals surface area contributed by atoms with E-state index in [-0.39, 0.29) is 6.04 Å². The second-order valence-corrected chi connectivity index (χ2v) is 4.64. The van der Waals surface area contributed by atoms with Crippen molar-refractivity contribution < 1.29 is 4.74 Å². The van der Waals surface area contributed by atoms with Gasteiger partial charge >= 0.3 is 0 Å². The van der Waals surface area contributed by atoms with Gasteiger partial charge in [0.2, 0.25) is 5.88 Å². The summed E-state index contributed by atoms with van der Waals surface area (Å²) in [4.78, 5) is 8.53. The number of nitrogens with two attached hydrogens (primary N) is 1. The maximum atomic E-state index is 5.88. The van der Waals surface area contributed by atoms with Crippen molar-refractivity contribution in [2.24, 2.45) is 5.73 Å². The Kier molecular flexibility index (Phi) is 3.31. The Morgan fingerprint density at radius 1 is 1.05 bits per heavy atom. The standard InChI is InChI=1S/C16H15N3O/c1-11(17)12-7-9-19-16(10-12)20-15-6-2-5-14-13(15)4-3-8-18-14/h2-11H,17H2,1H3/t11-/m1/s1. The summed E-state index contributed by atoms with van der Waals surface area (Å²) in [5, 5.41) is 0.961. The molecular weight excluding hydrogens is 250 g/mol. The lowest BCUT2D eigenvalue weighted by Gasteiger charge is -2.10. The van der Waals surface area contributed by atoms with Crippen molar-refractivity contribution in [3.8, 4) is 11.6 Å². The number of hydrogen-bond donors (Lipinski definition) is 1. The molecule has 3 rings (SSSR count). The molecule has 0 bridgehead atoms. The Hall–Kier alpha value is -2.46. The second-order valence-electron chi connectivity index (χ2n) is 4.64. The first-order valence-corrected chi connectivity index (χ1v) is 6.47. The number of rotatable bonds is 3. The topological polar surface area (TPSA) is 61.0 Å². The Morgan fingerprint density at radius 3 is 2.80 bits per heavy atom. The van der Waals surface area contributed by atoms with Crippen LogP contribution < -0.4 is 10.5 Å². The minimum absolute atomic E-state index is 0.0467. The number of benzene rings is 1. The summed E-state index contributed by atoms with van der Waals surface area (Å²) in [6, 6.07) is 13.4. The summed E-state index contributed by atoms with van der Waals surface area (Å²) in [6.07, 6.45) is 3.47. The number of ether oxygens (including phenoxy) is 1. The van der Waals surface area contributed by atoms with Gasteiger partial charge < -0.3 is 10.5 Å². The first-order valence-electron chi connectivity index (χ1n) is 6.47. The number of fused-ring (bicyclic) bond motifs is 1. The average Bonchev–Trinajstić information content (AvgIpc) is 2.48. The van der Waals surface area contributed by atoms with Crippen molar-refractivity contribution in [1.29, 1.82) is 0 Å². The Morgan fingerprint density at radius 2 is 1.95 bits per heavy atom. The molecule has 2 N–H and O–H groups in total. The monoisotopic (exact) mass is 265 g/mol. The predicted octanol–water partition coefficient (Wildman–Crippen LogP) is 3.44. The summed E-state index contributed by atoms with van der Waals surface area (Å²) < 4.78 is 5.88. The molecule has 0 amide bonds. The van der Waals surface area contributed by atoms with Crippen molar-refractivity contribution in [3.63, 3.8) is 0 Å². The van der Waals surface area contributed by atoms with Gasteiger partial charge in [0.25, 0.3) is 0 Å². The van der Waals surface area contributed by atoms with E-state index in [1.807, 2.05) is 49.4 Å². The lowest BCUT2D eigenvalue weighted by atomic mass is 10.1. The second kappa shape index (κ2) is 5.27. The maximum Gasteiger partial charge on any atom is 0.219 e. The Labute approximate surface area is 117 Å². The first-order chi connectivity index (χ1) is 9.74. The number of nitrogens with zero attached hydrogens (tertiary/aromatic N) is 2. The van der Waals surface area contributed by atoms with E-state index in [9.17, 15) is 0 Å². The molecule has 1 atom stereocenters. The first kappa shape index (κ1) is 12.6. The van der Waals surface area contributed by atoms with Gasteiger partial charge in [-0.1, -0.05) is 6.07 Å². The molecule has 0 unspecified atom stereocenters. The van der Waals surface area contributed by atoms with Crippen LogP contribution in [0.1, 0.15) is 18.5 Å². The van der Waals surface area contributed by atoms with E-state index >= 15 is 0 Å². The van der Waals surface area contributed by atoms with E-state index in [0.29, 0.717) is 5.88 Å². The van der Waals surface area contributed by atoms with Crippen LogP contribution in [0, 0.1) is 0 Å². The largest absolute Gasteiger partial charge is 0.438 e. The van der Waals surface area contributed by atoms with E-state index in [4.69, 9.17) is 10.5 Å². The average molecular weight is 265 g/mol. The molecule has 0 fully saturated rings. The quantitative estimate of drug-likeness (QED) is 0.788. The van der Waals surface area contributed by atoms with Crippen LogP contribution in [0.4, 0.5) is 0 Å². The van der Waals surface area contributed by atoms with Crippen LogP contribution in [0.2, 0.25) is 0 Å². The van der Waals surface area contributed by atoms with Gasteiger partial charge in [0.15, 0.2) is 0 Å². The summed E-state index contributed by atoms with van der Waals surface area (Å²) >= 11 is 0. The van der Waals surface area contributed by atoms with Gasteiger partial charge in [0, 0.05) is 29.9 Å². The van der Waals surface area contributed by atoms with Crippen LogP contribution in [0.3, 0.4) is 0 Å². The number of pyridine rings is 2. The molecule has 4 heteroatoms. The summed E-state index contributed by atoms with van der Waals surface area (Å²) in [5.74, 6) is 1.28. The fourth-order valence-corrected chi connectivity index (χ4v) is 2.04. The van der Waals surface area contributed by atoms with Crippen LogP contribution in [-0.4, -0.2) is 9.97 Å². The van der Waals surface area contributed by atoms with Gasteiger partial charge in [0.1, 0.15) is 5.75 Å². The van der Waals surface area contributed by atoms with Crippen molar-refractivity contribution in [1.82, 2.24) is 9.97 Å². The van der Waals surface area contributed by atoms with Gasteiger partial charge in [-0.25, -0.2) is 4.98 Å². The zero-order valence-corrected chi connectivity index (χ0v) is 11.2. The highest BCUT2D eigenvalue weighted by molar-refractivity contribution is 5.85. The molecular formula is C16H15N3O. The molecule has 4 nitrogen and oxygen atoms in total. The van der Waals surface area contributed by atoms with Crippen molar-refractivity contribution in [2.45, 2.75) is 13.0 Å². The predicted molar refractivity (Wildman–Crippen MR) is 78.7 cm³/mol. The van der Waals surface area contributed by atoms with Crippen molar-refractivity contribution >= 4 is 10.9 Å². The van der Waals surface area contributed by atoms with Gasteiger partial charge in [-0.05, 0) is 42.8 Å². The van der Waals surface area contributed by atoms with E-state index in [1.54, 1.807) is 12.4 Å². The van der Waals surface area contributed by atoms with Crippen LogP contribution >= 0.6 is 0 Å². The minimum Gasteiger partial charge on any atom is -0.438 e. The zero-order chi connectivity index (χ0) is 13.9.